The zero-order chi connectivity index (χ0) is 8.32. The van der Waals surface area contributed by atoms with Crippen LogP contribution in [0.3, 0.4) is 0 Å². The van der Waals surface area contributed by atoms with Gasteiger partial charge < -0.3 is 9.47 Å². The summed E-state index contributed by atoms with van der Waals surface area (Å²) >= 11 is 0. The summed E-state index contributed by atoms with van der Waals surface area (Å²) in [6, 6.07) is 0. The Morgan fingerprint density at radius 2 is 2.09 bits per heavy atom. The van der Waals surface area contributed by atoms with Gasteiger partial charge in [-0.2, -0.15) is 0 Å². The Morgan fingerprint density at radius 1 is 1.55 bits per heavy atom. The highest BCUT2D eigenvalue weighted by atomic mass is 16.7. The molecule has 0 aromatic carbocycles. The van der Waals surface area contributed by atoms with E-state index in [1.54, 1.807) is 0 Å². The number of ether oxygens (including phenoxy) is 2. The molecule has 2 radical (unpaired) electrons. The van der Waals surface area contributed by atoms with Crippen molar-refractivity contribution in [1.82, 2.24) is 0 Å². The largest absolute Gasteiger partial charge is 0.336 e. The lowest BCUT2D eigenvalue weighted by atomic mass is 10.1. The van der Waals surface area contributed by atoms with Gasteiger partial charge >= 0.3 is 0 Å². The fourth-order valence-corrected chi connectivity index (χ4v) is 0.812. The van der Waals surface area contributed by atoms with E-state index in [9.17, 15) is 0 Å². The van der Waals surface area contributed by atoms with Crippen molar-refractivity contribution in [2.45, 2.75) is 5.79 Å². The summed E-state index contributed by atoms with van der Waals surface area (Å²) < 4.78 is 10.3. The van der Waals surface area contributed by atoms with Crippen LogP contribution in [-0.2, 0) is 9.47 Å². The van der Waals surface area contributed by atoms with Crippen LogP contribution >= 0.6 is 0 Å². The Balaban J connectivity index is 2.61. The van der Waals surface area contributed by atoms with Crippen molar-refractivity contribution in [3.63, 3.8) is 0 Å². The third-order valence-corrected chi connectivity index (χ3v) is 1.49. The van der Waals surface area contributed by atoms with Gasteiger partial charge in [0.1, 0.15) is 0 Å². The summed E-state index contributed by atoms with van der Waals surface area (Å²) in [5.74, 6) is 1.24. The molecule has 1 fully saturated rings. The monoisotopic (exact) mass is 150 g/mol. The summed E-state index contributed by atoms with van der Waals surface area (Å²) in [6.07, 6.45) is 6.64. The molecule has 1 rings (SSSR count). The first-order valence-corrected chi connectivity index (χ1v) is 3.37. The molecule has 1 heterocycles. The van der Waals surface area contributed by atoms with E-state index < -0.39 is 5.79 Å². The topological polar surface area (TPSA) is 18.5 Å². The molecule has 1 saturated heterocycles. The summed E-state index contributed by atoms with van der Waals surface area (Å²) in [6.45, 7) is 9.86. The van der Waals surface area contributed by atoms with E-state index in [1.165, 1.54) is 6.08 Å². The fourth-order valence-electron chi connectivity index (χ4n) is 0.812. The molecule has 0 aliphatic carbocycles. The Labute approximate surface area is 67.2 Å². The van der Waals surface area contributed by atoms with Crippen molar-refractivity contribution < 1.29 is 9.47 Å². The third kappa shape index (κ3) is 1.62. The van der Waals surface area contributed by atoms with E-state index in [-0.39, 0.29) is 5.92 Å². The zero-order valence-electron chi connectivity index (χ0n) is 6.25. The smallest absolute Gasteiger partial charge is 0.253 e. The van der Waals surface area contributed by atoms with E-state index in [0.29, 0.717) is 13.2 Å². The van der Waals surface area contributed by atoms with Gasteiger partial charge in [0.15, 0.2) is 0 Å². The molecular weight excluding hydrogens is 140 g/mol. The van der Waals surface area contributed by atoms with Crippen LogP contribution in [0.2, 0.25) is 0 Å². The molecule has 0 aromatic heterocycles. The lowest BCUT2D eigenvalue weighted by Crippen LogP contribution is -2.40. The molecule has 0 N–H and O–H groups in total. The van der Waals surface area contributed by atoms with Crippen LogP contribution in [-0.4, -0.2) is 19.0 Å². The minimum atomic E-state index is -1.05. The van der Waals surface area contributed by atoms with Gasteiger partial charge in [-0.1, -0.05) is 6.58 Å². The standard InChI is InChI=1S/C9H10O2/c1-4-9(5-2)10-6-8(3)7-11-9/h1,3,5,8H,2,6-7H2. The van der Waals surface area contributed by atoms with Gasteiger partial charge in [-0.05, 0) is 18.9 Å². The maximum atomic E-state index is 5.51. The second-order valence-corrected chi connectivity index (χ2v) is 2.40. The normalized spacial score (nSPS) is 37.6. The lowest BCUT2D eigenvalue weighted by Gasteiger charge is -2.32. The van der Waals surface area contributed by atoms with Crippen LogP contribution in [0.5, 0.6) is 0 Å². The Bertz CT molecular complexity index is 182. The SMILES string of the molecule is [CH]C1COC(C#C)(C=C)OC1. The number of rotatable bonds is 1. The summed E-state index contributed by atoms with van der Waals surface area (Å²) in [4.78, 5) is 0. The second-order valence-electron chi connectivity index (χ2n) is 2.40. The molecule has 0 saturated carbocycles. The Hall–Kier alpha value is -0.780. The van der Waals surface area contributed by atoms with E-state index in [2.05, 4.69) is 12.5 Å². The number of terminal acetylenes is 1. The average molecular weight is 150 g/mol. The summed E-state index contributed by atoms with van der Waals surface area (Å²) in [5.41, 5.74) is 0. The van der Waals surface area contributed by atoms with E-state index in [1.807, 2.05) is 0 Å². The van der Waals surface area contributed by atoms with Gasteiger partial charge in [0.2, 0.25) is 0 Å². The molecule has 58 valence electrons. The maximum absolute atomic E-state index is 5.51. The van der Waals surface area contributed by atoms with Gasteiger partial charge in [0.05, 0.1) is 13.2 Å². The molecule has 11 heavy (non-hydrogen) atoms. The van der Waals surface area contributed by atoms with Crippen LogP contribution in [0.4, 0.5) is 0 Å². The first-order chi connectivity index (χ1) is 5.22. The molecule has 0 amide bonds. The van der Waals surface area contributed by atoms with Crippen molar-refractivity contribution in [1.29, 1.82) is 0 Å². The molecule has 2 nitrogen and oxygen atoms in total. The van der Waals surface area contributed by atoms with Gasteiger partial charge in [0, 0.05) is 5.92 Å². The highest BCUT2D eigenvalue weighted by Gasteiger charge is 2.31. The van der Waals surface area contributed by atoms with Crippen LogP contribution in [0.25, 0.3) is 0 Å². The van der Waals surface area contributed by atoms with Crippen molar-refractivity contribution in [3.05, 3.63) is 19.6 Å². The summed E-state index contributed by atoms with van der Waals surface area (Å²) in [7, 11) is 0. The van der Waals surface area contributed by atoms with Crippen molar-refractivity contribution in [2.24, 2.45) is 5.92 Å². The van der Waals surface area contributed by atoms with Crippen LogP contribution < -0.4 is 0 Å². The van der Waals surface area contributed by atoms with E-state index in [0.717, 1.165) is 0 Å². The summed E-state index contributed by atoms with van der Waals surface area (Å²) in [5, 5.41) is 0. The highest BCUT2D eigenvalue weighted by molar-refractivity contribution is 5.13. The molecular formula is C9H10O2. The fraction of sp³-hybridized carbons (Fsp3) is 0.444. The van der Waals surface area contributed by atoms with E-state index >= 15 is 0 Å². The highest BCUT2D eigenvalue weighted by Crippen LogP contribution is 2.21. The predicted octanol–water partition coefficient (Wildman–Crippen LogP) is 0.876. The predicted molar refractivity (Wildman–Crippen MR) is 41.5 cm³/mol. The van der Waals surface area contributed by atoms with Gasteiger partial charge in [-0.25, -0.2) is 0 Å². The molecule has 0 aromatic rings. The third-order valence-electron chi connectivity index (χ3n) is 1.49. The van der Waals surface area contributed by atoms with Crippen molar-refractivity contribution >= 4 is 0 Å². The minimum Gasteiger partial charge on any atom is -0.336 e. The average Bonchev–Trinajstić information content (AvgIpc) is 2.07. The van der Waals surface area contributed by atoms with Crippen molar-refractivity contribution in [3.8, 4) is 12.3 Å². The molecule has 0 atom stereocenters. The molecule has 2 heteroatoms. The molecule has 1 aliphatic heterocycles. The molecule has 0 unspecified atom stereocenters. The van der Waals surface area contributed by atoms with Gasteiger partial charge in [-0.15, -0.1) is 6.42 Å². The second kappa shape index (κ2) is 3.08. The molecule has 0 spiro atoms. The lowest BCUT2D eigenvalue weighted by molar-refractivity contribution is -0.213. The molecule has 1 aliphatic rings. The van der Waals surface area contributed by atoms with Crippen LogP contribution in [0, 0.1) is 25.2 Å². The quantitative estimate of drug-likeness (QED) is 0.408. The van der Waals surface area contributed by atoms with Crippen LogP contribution in [0.1, 0.15) is 0 Å². The Morgan fingerprint density at radius 3 is 2.45 bits per heavy atom. The first kappa shape index (κ1) is 8.32. The first-order valence-electron chi connectivity index (χ1n) is 3.37. The van der Waals surface area contributed by atoms with Gasteiger partial charge in [0.25, 0.3) is 5.79 Å². The number of hydrogen-bond donors (Lipinski definition) is 0. The van der Waals surface area contributed by atoms with E-state index in [4.69, 9.17) is 22.8 Å². The van der Waals surface area contributed by atoms with Crippen LogP contribution in [0.15, 0.2) is 12.7 Å². The van der Waals surface area contributed by atoms with Crippen molar-refractivity contribution in [2.75, 3.05) is 13.2 Å². The zero-order valence-corrected chi connectivity index (χ0v) is 6.25. The Kier molecular flexibility index (Phi) is 2.33. The minimum absolute atomic E-state index is 0.0866. The maximum Gasteiger partial charge on any atom is 0.253 e. The number of hydrogen-bond acceptors (Lipinski definition) is 2. The molecule has 0 bridgehead atoms. The van der Waals surface area contributed by atoms with Gasteiger partial charge in [-0.3, -0.25) is 0 Å².